The third-order valence-electron chi connectivity index (χ3n) is 4.31. The van der Waals surface area contributed by atoms with Gasteiger partial charge in [0.1, 0.15) is 5.76 Å². The zero-order chi connectivity index (χ0) is 15.0. The number of aromatic nitrogens is 3. The van der Waals surface area contributed by atoms with Crippen molar-refractivity contribution in [2.45, 2.75) is 53.4 Å². The SMILES string of the molecule is CCn1nc(CO)c2c1CCN(Cc1c(C)noc1C)C2. The molecule has 0 bridgehead atoms. The van der Waals surface area contributed by atoms with Gasteiger partial charge in [-0.2, -0.15) is 5.10 Å². The minimum absolute atomic E-state index is 0.00843. The molecule has 1 N–H and O–H groups in total. The quantitative estimate of drug-likeness (QED) is 0.925. The van der Waals surface area contributed by atoms with Crippen LogP contribution >= 0.6 is 0 Å². The second-order valence-corrected chi connectivity index (χ2v) is 5.61. The number of rotatable bonds is 4. The molecule has 2 aromatic rings. The van der Waals surface area contributed by atoms with Gasteiger partial charge in [-0.25, -0.2) is 0 Å². The van der Waals surface area contributed by atoms with Crippen LogP contribution in [-0.2, 0) is 32.7 Å². The Bertz CT molecular complexity index is 625. The molecular weight excluding hydrogens is 268 g/mol. The fraction of sp³-hybridized carbons (Fsp3) is 0.600. The fourth-order valence-corrected chi connectivity index (χ4v) is 3.09. The van der Waals surface area contributed by atoms with Gasteiger partial charge in [0, 0.05) is 49.4 Å². The molecule has 0 saturated heterocycles. The molecule has 0 aromatic carbocycles. The highest BCUT2D eigenvalue weighted by Crippen LogP contribution is 2.25. The molecule has 0 spiro atoms. The molecule has 0 fully saturated rings. The second kappa shape index (κ2) is 5.61. The van der Waals surface area contributed by atoms with Crippen LogP contribution in [0.4, 0.5) is 0 Å². The first-order valence-electron chi connectivity index (χ1n) is 7.46. The highest BCUT2D eigenvalue weighted by Gasteiger charge is 2.25. The van der Waals surface area contributed by atoms with Crippen LogP contribution in [0.1, 0.15) is 40.9 Å². The van der Waals surface area contributed by atoms with E-state index in [2.05, 4.69) is 22.1 Å². The van der Waals surface area contributed by atoms with Crippen molar-refractivity contribution >= 4 is 0 Å². The van der Waals surface area contributed by atoms with Gasteiger partial charge in [-0.1, -0.05) is 5.16 Å². The van der Waals surface area contributed by atoms with Gasteiger partial charge in [0.2, 0.25) is 0 Å². The average Bonchev–Trinajstić information content (AvgIpc) is 3.01. The predicted octanol–water partition coefficient (Wildman–Crippen LogP) is 1.56. The molecule has 0 unspecified atom stereocenters. The maximum atomic E-state index is 9.51. The monoisotopic (exact) mass is 290 g/mol. The molecule has 0 radical (unpaired) electrons. The van der Waals surface area contributed by atoms with Crippen LogP contribution < -0.4 is 0 Å². The Labute approximate surface area is 124 Å². The largest absolute Gasteiger partial charge is 0.390 e. The normalized spacial score (nSPS) is 15.4. The van der Waals surface area contributed by atoms with Crippen molar-refractivity contribution in [1.29, 1.82) is 0 Å². The summed E-state index contributed by atoms with van der Waals surface area (Å²) in [5, 5.41) is 18.0. The van der Waals surface area contributed by atoms with Crippen molar-refractivity contribution in [3.05, 3.63) is 34.0 Å². The number of aliphatic hydroxyl groups excluding tert-OH is 1. The molecule has 6 heteroatoms. The van der Waals surface area contributed by atoms with E-state index in [0.29, 0.717) is 0 Å². The van der Waals surface area contributed by atoms with E-state index in [4.69, 9.17) is 4.52 Å². The molecule has 1 aliphatic heterocycles. The first-order chi connectivity index (χ1) is 10.1. The Balaban J connectivity index is 1.83. The van der Waals surface area contributed by atoms with E-state index < -0.39 is 0 Å². The van der Waals surface area contributed by atoms with Crippen molar-refractivity contribution < 1.29 is 9.63 Å². The summed E-state index contributed by atoms with van der Waals surface area (Å²) in [4.78, 5) is 2.37. The van der Waals surface area contributed by atoms with Crippen molar-refractivity contribution in [2.75, 3.05) is 6.54 Å². The van der Waals surface area contributed by atoms with Gasteiger partial charge in [0.25, 0.3) is 0 Å². The van der Waals surface area contributed by atoms with E-state index in [1.165, 1.54) is 16.8 Å². The smallest absolute Gasteiger partial charge is 0.138 e. The summed E-state index contributed by atoms with van der Waals surface area (Å²) in [5.74, 6) is 0.893. The van der Waals surface area contributed by atoms with Gasteiger partial charge < -0.3 is 9.63 Å². The van der Waals surface area contributed by atoms with E-state index in [9.17, 15) is 5.11 Å². The highest BCUT2D eigenvalue weighted by molar-refractivity contribution is 5.29. The van der Waals surface area contributed by atoms with Gasteiger partial charge in [-0.15, -0.1) is 0 Å². The molecular formula is C15H22N4O2. The Morgan fingerprint density at radius 1 is 1.33 bits per heavy atom. The van der Waals surface area contributed by atoms with E-state index in [-0.39, 0.29) is 6.61 Å². The molecule has 0 atom stereocenters. The lowest BCUT2D eigenvalue weighted by molar-refractivity contribution is 0.234. The Hall–Kier alpha value is -1.66. The zero-order valence-electron chi connectivity index (χ0n) is 12.9. The fourth-order valence-electron chi connectivity index (χ4n) is 3.09. The van der Waals surface area contributed by atoms with Crippen LogP contribution in [0.15, 0.2) is 4.52 Å². The Kier molecular flexibility index (Phi) is 3.82. The summed E-state index contributed by atoms with van der Waals surface area (Å²) in [7, 11) is 0. The summed E-state index contributed by atoms with van der Waals surface area (Å²) in [6.07, 6.45) is 0.972. The average molecular weight is 290 g/mol. The number of aryl methyl sites for hydroxylation is 3. The van der Waals surface area contributed by atoms with Crippen molar-refractivity contribution in [1.82, 2.24) is 19.8 Å². The molecule has 6 nitrogen and oxygen atoms in total. The Morgan fingerprint density at radius 3 is 2.76 bits per heavy atom. The first kappa shape index (κ1) is 14.3. The lowest BCUT2D eigenvalue weighted by Crippen LogP contribution is -2.31. The number of aliphatic hydroxyl groups is 1. The number of nitrogens with zero attached hydrogens (tertiary/aromatic N) is 4. The molecule has 2 aromatic heterocycles. The van der Waals surface area contributed by atoms with Gasteiger partial charge in [-0.05, 0) is 20.8 Å². The summed E-state index contributed by atoms with van der Waals surface area (Å²) in [6, 6.07) is 0. The van der Waals surface area contributed by atoms with Gasteiger partial charge in [0.15, 0.2) is 0 Å². The summed E-state index contributed by atoms with van der Waals surface area (Å²) < 4.78 is 7.26. The topological polar surface area (TPSA) is 67.3 Å². The second-order valence-electron chi connectivity index (χ2n) is 5.61. The van der Waals surface area contributed by atoms with E-state index >= 15 is 0 Å². The third-order valence-corrected chi connectivity index (χ3v) is 4.31. The molecule has 3 rings (SSSR count). The maximum Gasteiger partial charge on any atom is 0.138 e. The molecule has 1 aliphatic rings. The minimum Gasteiger partial charge on any atom is -0.390 e. The van der Waals surface area contributed by atoms with Crippen LogP contribution in [0.3, 0.4) is 0 Å². The summed E-state index contributed by atoms with van der Waals surface area (Å²) in [5.41, 5.74) is 5.42. The van der Waals surface area contributed by atoms with E-state index in [1.807, 2.05) is 18.5 Å². The van der Waals surface area contributed by atoms with Gasteiger partial charge >= 0.3 is 0 Å². The maximum absolute atomic E-state index is 9.51. The summed E-state index contributed by atoms with van der Waals surface area (Å²) in [6.45, 7) is 9.55. The van der Waals surface area contributed by atoms with Crippen LogP contribution in [0.25, 0.3) is 0 Å². The molecule has 114 valence electrons. The third kappa shape index (κ3) is 2.49. The number of hydrogen-bond acceptors (Lipinski definition) is 5. The highest BCUT2D eigenvalue weighted by atomic mass is 16.5. The van der Waals surface area contributed by atoms with Crippen molar-refractivity contribution in [3.63, 3.8) is 0 Å². The lowest BCUT2D eigenvalue weighted by atomic mass is 10.0. The predicted molar refractivity (Wildman–Crippen MR) is 77.6 cm³/mol. The van der Waals surface area contributed by atoms with Gasteiger partial charge in [-0.3, -0.25) is 9.58 Å². The molecule has 3 heterocycles. The van der Waals surface area contributed by atoms with Gasteiger partial charge in [0.05, 0.1) is 18.0 Å². The van der Waals surface area contributed by atoms with Crippen LogP contribution in [0.2, 0.25) is 0 Å². The standard InChI is InChI=1S/C15H22N4O2/c1-4-19-15-5-6-18(8-13(15)14(9-20)16-19)7-12-10(2)17-21-11(12)3/h20H,4-9H2,1-3H3. The summed E-state index contributed by atoms with van der Waals surface area (Å²) >= 11 is 0. The van der Waals surface area contributed by atoms with E-state index in [0.717, 1.165) is 49.7 Å². The number of fused-ring (bicyclic) bond motifs is 1. The van der Waals surface area contributed by atoms with E-state index in [1.54, 1.807) is 0 Å². The molecule has 0 saturated carbocycles. The molecule has 0 aliphatic carbocycles. The Morgan fingerprint density at radius 2 is 2.14 bits per heavy atom. The van der Waals surface area contributed by atoms with Crippen LogP contribution in [0, 0.1) is 13.8 Å². The lowest BCUT2D eigenvalue weighted by Gasteiger charge is -2.27. The van der Waals surface area contributed by atoms with Crippen LogP contribution in [-0.4, -0.2) is 31.5 Å². The molecule has 21 heavy (non-hydrogen) atoms. The molecule has 0 amide bonds. The minimum atomic E-state index is 0.00843. The van der Waals surface area contributed by atoms with Crippen molar-refractivity contribution in [2.24, 2.45) is 0 Å². The van der Waals surface area contributed by atoms with Crippen LogP contribution in [0.5, 0.6) is 0 Å². The number of hydrogen-bond donors (Lipinski definition) is 1. The first-order valence-corrected chi connectivity index (χ1v) is 7.46. The zero-order valence-corrected chi connectivity index (χ0v) is 12.9. The van der Waals surface area contributed by atoms with Crippen molar-refractivity contribution in [3.8, 4) is 0 Å².